The lowest BCUT2D eigenvalue weighted by Crippen LogP contribution is -2.19. The molecule has 0 amide bonds. The van der Waals surface area contributed by atoms with Crippen LogP contribution in [0.5, 0.6) is 0 Å². The monoisotopic (exact) mass is 434 g/mol. The lowest BCUT2D eigenvalue weighted by molar-refractivity contribution is 0.690. The van der Waals surface area contributed by atoms with Gasteiger partial charge in [0.2, 0.25) is 0 Å². The first-order valence-corrected chi connectivity index (χ1v) is 9.19. The zero-order chi connectivity index (χ0) is 17.8. The maximum absolute atomic E-state index is 6.18. The molecule has 0 saturated carbocycles. The highest BCUT2D eigenvalue weighted by Crippen LogP contribution is 2.25. The highest BCUT2D eigenvalue weighted by molar-refractivity contribution is 9.10. The molecule has 4 nitrogen and oxygen atoms in total. The summed E-state index contributed by atoms with van der Waals surface area (Å²) in [4.78, 5) is 0. The van der Waals surface area contributed by atoms with E-state index in [2.05, 4.69) is 62.9 Å². The molecule has 0 bridgehead atoms. The van der Waals surface area contributed by atoms with Gasteiger partial charge in [-0.25, -0.2) is 0 Å². The van der Waals surface area contributed by atoms with Crippen LogP contribution >= 0.6 is 39.7 Å². The number of nitrogens with one attached hydrogen (secondary N) is 2. The van der Waals surface area contributed by atoms with E-state index in [0.717, 1.165) is 10.2 Å². The number of nitrogens with zero attached hydrogens (tertiary/aromatic N) is 2. The van der Waals surface area contributed by atoms with E-state index in [9.17, 15) is 0 Å². The van der Waals surface area contributed by atoms with Gasteiger partial charge in [0.05, 0.1) is 17.3 Å². The van der Waals surface area contributed by atoms with Crippen LogP contribution in [0.2, 0.25) is 5.02 Å². The van der Waals surface area contributed by atoms with Crippen molar-refractivity contribution in [3.63, 3.8) is 0 Å². The lowest BCUT2D eigenvalue weighted by Gasteiger charge is -2.10. The molecule has 128 valence electrons. The van der Waals surface area contributed by atoms with Crippen LogP contribution in [-0.2, 0) is 6.54 Å². The molecule has 2 aromatic carbocycles. The topological polar surface area (TPSA) is 41.9 Å². The fourth-order valence-electron chi connectivity index (χ4n) is 2.26. The van der Waals surface area contributed by atoms with E-state index in [1.165, 1.54) is 11.1 Å². The van der Waals surface area contributed by atoms with E-state index in [4.69, 9.17) is 23.8 Å². The van der Waals surface area contributed by atoms with E-state index in [1.54, 1.807) is 0 Å². The second-order valence-corrected chi connectivity index (χ2v) is 7.32. The minimum Gasteiger partial charge on any atom is -0.331 e. The van der Waals surface area contributed by atoms with Crippen LogP contribution in [0.3, 0.4) is 0 Å². The quantitative estimate of drug-likeness (QED) is 0.534. The Labute approximate surface area is 165 Å². The van der Waals surface area contributed by atoms with Crippen molar-refractivity contribution in [2.24, 2.45) is 0 Å². The molecule has 3 aromatic rings. The molecule has 3 rings (SSSR count). The molecule has 0 aliphatic carbocycles. The van der Waals surface area contributed by atoms with Crippen LogP contribution < -0.4 is 10.6 Å². The lowest BCUT2D eigenvalue weighted by atomic mass is 10.1. The van der Waals surface area contributed by atoms with E-state index in [-0.39, 0.29) is 0 Å². The van der Waals surface area contributed by atoms with Gasteiger partial charge < -0.3 is 10.6 Å². The average molecular weight is 436 g/mol. The first-order chi connectivity index (χ1) is 12.0. The average Bonchev–Trinajstić information content (AvgIpc) is 2.99. The molecular formula is C18H16BrClN4S. The summed E-state index contributed by atoms with van der Waals surface area (Å²) in [5, 5.41) is 11.6. The van der Waals surface area contributed by atoms with Gasteiger partial charge in [-0.3, -0.25) is 4.68 Å². The van der Waals surface area contributed by atoms with Crippen LogP contribution in [0.4, 0.5) is 11.5 Å². The molecule has 0 aliphatic rings. The molecular weight excluding hydrogens is 420 g/mol. The van der Waals surface area contributed by atoms with Crippen LogP contribution in [0.25, 0.3) is 0 Å². The van der Waals surface area contributed by atoms with E-state index in [1.807, 2.05) is 35.1 Å². The Morgan fingerprint density at radius 3 is 2.64 bits per heavy atom. The summed E-state index contributed by atoms with van der Waals surface area (Å²) in [6.45, 7) is 2.78. The first kappa shape index (κ1) is 17.9. The summed E-state index contributed by atoms with van der Waals surface area (Å²) in [6.07, 6.45) is 1.91. The molecule has 25 heavy (non-hydrogen) atoms. The second kappa shape index (κ2) is 7.99. The van der Waals surface area contributed by atoms with Crippen LogP contribution in [0.15, 0.2) is 59.2 Å². The van der Waals surface area contributed by atoms with Gasteiger partial charge in [-0.05, 0) is 42.9 Å². The molecule has 1 heterocycles. The standard InChI is InChI=1S/C18H16BrClN4S/c1-12-2-4-13(5-3-12)11-24-9-8-17(23-24)22-18(25)21-16-7-6-14(19)10-15(16)20/h2-10H,11H2,1H3,(H2,21,22,23,25). The smallest absolute Gasteiger partial charge is 0.176 e. The van der Waals surface area contributed by atoms with E-state index < -0.39 is 0 Å². The predicted octanol–water partition coefficient (Wildman–Crippen LogP) is 5.46. The Bertz CT molecular complexity index is 892. The Balaban J connectivity index is 1.60. The highest BCUT2D eigenvalue weighted by atomic mass is 79.9. The Hall–Kier alpha value is -1.89. The van der Waals surface area contributed by atoms with Crippen LogP contribution in [0.1, 0.15) is 11.1 Å². The summed E-state index contributed by atoms with van der Waals surface area (Å²) < 4.78 is 2.78. The maximum Gasteiger partial charge on any atom is 0.176 e. The molecule has 0 fully saturated rings. The minimum absolute atomic E-state index is 0.435. The Morgan fingerprint density at radius 2 is 1.92 bits per heavy atom. The van der Waals surface area contributed by atoms with Crippen molar-refractivity contribution in [1.82, 2.24) is 9.78 Å². The predicted molar refractivity (Wildman–Crippen MR) is 112 cm³/mol. The summed E-state index contributed by atoms with van der Waals surface area (Å²) in [5.74, 6) is 0.679. The number of hydrogen-bond acceptors (Lipinski definition) is 2. The number of anilines is 2. The van der Waals surface area contributed by atoms with Gasteiger partial charge in [0.25, 0.3) is 0 Å². The number of rotatable bonds is 4. The molecule has 0 radical (unpaired) electrons. The van der Waals surface area contributed by atoms with E-state index >= 15 is 0 Å². The third kappa shape index (κ3) is 5.04. The number of halogens is 2. The van der Waals surface area contributed by atoms with Crippen molar-refractivity contribution >= 4 is 56.4 Å². The van der Waals surface area contributed by atoms with Crippen LogP contribution in [-0.4, -0.2) is 14.9 Å². The van der Waals surface area contributed by atoms with Crippen molar-refractivity contribution < 1.29 is 0 Å². The number of hydrogen-bond donors (Lipinski definition) is 2. The fraction of sp³-hybridized carbons (Fsp3) is 0.111. The summed E-state index contributed by atoms with van der Waals surface area (Å²) in [6, 6.07) is 15.8. The largest absolute Gasteiger partial charge is 0.331 e. The Morgan fingerprint density at radius 1 is 1.16 bits per heavy atom. The number of aryl methyl sites for hydroxylation is 1. The van der Waals surface area contributed by atoms with Gasteiger partial charge in [0, 0.05) is 16.7 Å². The van der Waals surface area contributed by atoms with Gasteiger partial charge in [-0.15, -0.1) is 0 Å². The van der Waals surface area contributed by atoms with Crippen molar-refractivity contribution in [1.29, 1.82) is 0 Å². The third-order valence-electron chi connectivity index (χ3n) is 3.53. The first-order valence-electron chi connectivity index (χ1n) is 7.62. The highest BCUT2D eigenvalue weighted by Gasteiger charge is 2.06. The summed E-state index contributed by atoms with van der Waals surface area (Å²) in [7, 11) is 0. The number of aromatic nitrogens is 2. The van der Waals surface area contributed by atoms with Crippen molar-refractivity contribution in [2.75, 3.05) is 10.6 Å². The molecule has 1 aromatic heterocycles. The molecule has 0 atom stereocenters. The van der Waals surface area contributed by atoms with Crippen molar-refractivity contribution in [3.05, 3.63) is 75.4 Å². The minimum atomic E-state index is 0.435. The molecule has 7 heteroatoms. The normalized spacial score (nSPS) is 10.5. The molecule has 0 saturated heterocycles. The Kier molecular flexibility index (Phi) is 5.73. The molecule has 0 aliphatic heterocycles. The zero-order valence-corrected chi connectivity index (χ0v) is 16.6. The summed E-state index contributed by atoms with van der Waals surface area (Å²) in [5.41, 5.74) is 3.18. The van der Waals surface area contributed by atoms with Gasteiger partial charge in [0.15, 0.2) is 10.9 Å². The number of benzene rings is 2. The van der Waals surface area contributed by atoms with Crippen molar-refractivity contribution in [2.45, 2.75) is 13.5 Å². The number of thiocarbonyl (C=S) groups is 1. The summed E-state index contributed by atoms with van der Waals surface area (Å²) >= 11 is 14.9. The molecule has 2 N–H and O–H groups in total. The van der Waals surface area contributed by atoms with Gasteiger partial charge in [-0.1, -0.05) is 57.4 Å². The fourth-order valence-corrected chi connectivity index (χ4v) is 3.19. The van der Waals surface area contributed by atoms with Crippen molar-refractivity contribution in [3.8, 4) is 0 Å². The second-order valence-electron chi connectivity index (χ2n) is 5.59. The van der Waals surface area contributed by atoms with Gasteiger partial charge >= 0.3 is 0 Å². The maximum atomic E-state index is 6.18. The molecule has 0 spiro atoms. The third-order valence-corrected chi connectivity index (χ3v) is 4.54. The molecule has 0 unspecified atom stereocenters. The van der Waals surface area contributed by atoms with Gasteiger partial charge in [-0.2, -0.15) is 5.10 Å². The van der Waals surface area contributed by atoms with Crippen LogP contribution in [0, 0.1) is 6.92 Å². The SMILES string of the molecule is Cc1ccc(Cn2ccc(NC(=S)Nc3ccc(Br)cc3Cl)n2)cc1. The van der Waals surface area contributed by atoms with E-state index in [0.29, 0.717) is 22.5 Å². The van der Waals surface area contributed by atoms with Gasteiger partial charge in [0.1, 0.15) is 0 Å². The zero-order valence-electron chi connectivity index (χ0n) is 13.5.